The van der Waals surface area contributed by atoms with Crippen molar-refractivity contribution in [1.29, 1.82) is 0 Å². The Bertz CT molecular complexity index is 640. The van der Waals surface area contributed by atoms with Crippen LogP contribution < -0.4 is 10.6 Å². The minimum absolute atomic E-state index is 0.340. The van der Waals surface area contributed by atoms with Crippen LogP contribution in [0.25, 0.3) is 0 Å². The molecule has 120 valence electrons. The summed E-state index contributed by atoms with van der Waals surface area (Å²) in [5.74, 6) is 0.646. The highest BCUT2D eigenvalue weighted by molar-refractivity contribution is 5.79. The van der Waals surface area contributed by atoms with Gasteiger partial charge in [0, 0.05) is 51.8 Å². The maximum absolute atomic E-state index is 10.5. The summed E-state index contributed by atoms with van der Waals surface area (Å²) in [4.78, 5) is 4.17. The number of aromatic nitrogens is 3. The summed E-state index contributed by atoms with van der Waals surface area (Å²) in [6.07, 6.45) is 7.52. The second-order valence-electron chi connectivity index (χ2n) is 5.64. The van der Waals surface area contributed by atoms with Gasteiger partial charge in [0.15, 0.2) is 5.96 Å². The Balaban J connectivity index is 1.88. The van der Waals surface area contributed by atoms with Crippen LogP contribution in [0.15, 0.2) is 35.8 Å². The van der Waals surface area contributed by atoms with E-state index in [-0.39, 0.29) is 0 Å². The van der Waals surface area contributed by atoms with Crippen molar-refractivity contribution in [3.63, 3.8) is 0 Å². The van der Waals surface area contributed by atoms with E-state index in [1.807, 2.05) is 43.3 Å². The number of hydrogen-bond acceptors (Lipinski definition) is 3. The first-order valence-corrected chi connectivity index (χ1v) is 7.17. The first-order valence-electron chi connectivity index (χ1n) is 7.17. The Morgan fingerprint density at radius 2 is 2.14 bits per heavy atom. The van der Waals surface area contributed by atoms with Crippen molar-refractivity contribution in [3.05, 3.63) is 42.0 Å². The summed E-state index contributed by atoms with van der Waals surface area (Å²) in [5.41, 5.74) is 0.920. The summed E-state index contributed by atoms with van der Waals surface area (Å²) in [7, 11) is 5.52. The number of hydrogen-bond donors (Lipinski definition) is 3. The monoisotopic (exact) mass is 304 g/mol. The highest BCUT2D eigenvalue weighted by Crippen LogP contribution is 2.18. The lowest BCUT2D eigenvalue weighted by atomic mass is 10.00. The molecule has 0 aliphatic rings. The summed E-state index contributed by atoms with van der Waals surface area (Å²) >= 11 is 0. The number of nitrogens with zero attached hydrogens (tertiary/aromatic N) is 4. The summed E-state index contributed by atoms with van der Waals surface area (Å²) in [6, 6.07) is 2.05. The zero-order valence-electron chi connectivity index (χ0n) is 13.5. The average molecular weight is 304 g/mol. The number of rotatable bonds is 5. The maximum Gasteiger partial charge on any atom is 0.191 e. The van der Waals surface area contributed by atoms with Crippen LogP contribution >= 0.6 is 0 Å². The molecule has 1 atom stereocenters. The van der Waals surface area contributed by atoms with Crippen molar-refractivity contribution in [2.45, 2.75) is 19.1 Å². The zero-order valence-corrected chi connectivity index (χ0v) is 13.5. The molecule has 0 radical (unpaired) electrons. The van der Waals surface area contributed by atoms with Gasteiger partial charge in [-0.2, -0.15) is 5.10 Å². The minimum atomic E-state index is -1.02. The van der Waals surface area contributed by atoms with Crippen molar-refractivity contribution >= 4 is 5.96 Å². The molecule has 0 saturated carbocycles. The summed E-state index contributed by atoms with van der Waals surface area (Å²) in [5, 5.41) is 21.0. The molecular formula is C15H24N6O. The van der Waals surface area contributed by atoms with Crippen LogP contribution in [0.4, 0.5) is 0 Å². The number of nitrogens with one attached hydrogen (secondary N) is 2. The Labute approximate surface area is 130 Å². The third kappa shape index (κ3) is 4.11. The van der Waals surface area contributed by atoms with Gasteiger partial charge in [-0.1, -0.05) is 0 Å². The van der Waals surface area contributed by atoms with Crippen LogP contribution in [0.5, 0.6) is 0 Å². The maximum atomic E-state index is 10.5. The molecule has 0 aromatic carbocycles. The van der Waals surface area contributed by atoms with Crippen LogP contribution in [0, 0.1) is 0 Å². The van der Waals surface area contributed by atoms with Gasteiger partial charge < -0.3 is 20.3 Å². The molecule has 7 heteroatoms. The van der Waals surface area contributed by atoms with Gasteiger partial charge in [-0.3, -0.25) is 9.67 Å². The van der Waals surface area contributed by atoms with E-state index in [2.05, 4.69) is 20.7 Å². The molecule has 0 amide bonds. The molecule has 2 aromatic rings. The molecule has 0 saturated heterocycles. The van der Waals surface area contributed by atoms with Gasteiger partial charge in [-0.15, -0.1) is 0 Å². The minimum Gasteiger partial charge on any atom is -0.383 e. The lowest BCUT2D eigenvalue weighted by molar-refractivity contribution is 0.0616. The molecule has 0 spiro atoms. The van der Waals surface area contributed by atoms with Gasteiger partial charge >= 0.3 is 0 Å². The van der Waals surface area contributed by atoms with Gasteiger partial charge in [-0.05, 0) is 18.6 Å². The third-order valence-corrected chi connectivity index (χ3v) is 3.50. The standard InChI is InChI=1S/C15H24N6O/c1-15(22,13-8-19-21(4)10-13)11-18-14(16-2)17-7-12-5-6-20(3)9-12/h5-6,8-10,22H,7,11H2,1-4H3,(H2,16,17,18). The SMILES string of the molecule is CN=C(NCc1ccn(C)c1)NCC(C)(O)c1cnn(C)c1. The average Bonchev–Trinajstić information content (AvgIpc) is 3.08. The second kappa shape index (κ2) is 6.65. The van der Waals surface area contributed by atoms with Crippen molar-refractivity contribution in [2.24, 2.45) is 19.1 Å². The number of aliphatic hydroxyl groups is 1. The van der Waals surface area contributed by atoms with Gasteiger partial charge in [0.1, 0.15) is 5.60 Å². The summed E-state index contributed by atoms with van der Waals surface area (Å²) < 4.78 is 3.67. The van der Waals surface area contributed by atoms with Crippen LogP contribution in [0.2, 0.25) is 0 Å². The van der Waals surface area contributed by atoms with E-state index >= 15 is 0 Å². The van der Waals surface area contributed by atoms with Crippen LogP contribution in [-0.4, -0.2) is 39.0 Å². The van der Waals surface area contributed by atoms with Crippen LogP contribution in [-0.2, 0) is 26.2 Å². The molecular weight excluding hydrogens is 280 g/mol. The smallest absolute Gasteiger partial charge is 0.191 e. The molecule has 2 rings (SSSR count). The molecule has 2 aromatic heterocycles. The molecule has 0 aliphatic heterocycles. The van der Waals surface area contributed by atoms with Crippen LogP contribution in [0.1, 0.15) is 18.1 Å². The zero-order chi connectivity index (χ0) is 16.2. The lowest BCUT2D eigenvalue weighted by Gasteiger charge is -2.23. The molecule has 0 bridgehead atoms. The number of guanidine groups is 1. The lowest BCUT2D eigenvalue weighted by Crippen LogP contribution is -2.44. The highest BCUT2D eigenvalue weighted by Gasteiger charge is 2.24. The Morgan fingerprint density at radius 3 is 2.68 bits per heavy atom. The highest BCUT2D eigenvalue weighted by atomic mass is 16.3. The Morgan fingerprint density at radius 1 is 1.36 bits per heavy atom. The van der Waals surface area contributed by atoms with Crippen molar-refractivity contribution in [2.75, 3.05) is 13.6 Å². The van der Waals surface area contributed by atoms with Gasteiger partial charge in [-0.25, -0.2) is 0 Å². The first kappa shape index (κ1) is 16.1. The molecule has 2 heterocycles. The van der Waals surface area contributed by atoms with Crippen molar-refractivity contribution in [3.8, 4) is 0 Å². The second-order valence-corrected chi connectivity index (χ2v) is 5.64. The largest absolute Gasteiger partial charge is 0.383 e. The summed E-state index contributed by atoms with van der Waals surface area (Å²) in [6.45, 7) is 2.77. The molecule has 22 heavy (non-hydrogen) atoms. The van der Waals surface area contributed by atoms with E-state index in [1.165, 1.54) is 5.56 Å². The van der Waals surface area contributed by atoms with E-state index in [9.17, 15) is 5.11 Å². The fourth-order valence-electron chi connectivity index (χ4n) is 2.13. The first-order chi connectivity index (χ1) is 10.4. The predicted molar refractivity (Wildman–Crippen MR) is 86.4 cm³/mol. The van der Waals surface area contributed by atoms with E-state index in [4.69, 9.17) is 0 Å². The van der Waals surface area contributed by atoms with Crippen molar-refractivity contribution < 1.29 is 5.11 Å². The van der Waals surface area contributed by atoms with E-state index in [1.54, 1.807) is 24.9 Å². The molecule has 0 aliphatic carbocycles. The van der Waals surface area contributed by atoms with Crippen LogP contribution in [0.3, 0.4) is 0 Å². The van der Waals surface area contributed by atoms with Gasteiger partial charge in [0.05, 0.1) is 12.7 Å². The van der Waals surface area contributed by atoms with E-state index < -0.39 is 5.60 Å². The molecule has 0 fully saturated rings. The Kier molecular flexibility index (Phi) is 4.87. The van der Waals surface area contributed by atoms with E-state index in [0.717, 1.165) is 5.56 Å². The third-order valence-electron chi connectivity index (χ3n) is 3.50. The van der Waals surface area contributed by atoms with Crippen molar-refractivity contribution in [1.82, 2.24) is 25.0 Å². The predicted octanol–water partition coefficient (Wildman–Crippen LogP) is 0.331. The molecule has 7 nitrogen and oxygen atoms in total. The van der Waals surface area contributed by atoms with Gasteiger partial charge in [0.25, 0.3) is 0 Å². The fraction of sp³-hybridized carbons (Fsp3) is 0.467. The molecule has 1 unspecified atom stereocenters. The number of aliphatic imine (C=N–C) groups is 1. The van der Waals surface area contributed by atoms with E-state index in [0.29, 0.717) is 19.0 Å². The van der Waals surface area contributed by atoms with Gasteiger partial charge in [0.2, 0.25) is 0 Å². The Hall–Kier alpha value is -2.28. The fourth-order valence-corrected chi connectivity index (χ4v) is 2.13. The normalized spacial score (nSPS) is 14.7. The topological polar surface area (TPSA) is 79.4 Å². The number of aryl methyl sites for hydroxylation is 2. The molecule has 3 N–H and O–H groups in total. The quantitative estimate of drug-likeness (QED) is 0.549.